The van der Waals surface area contributed by atoms with E-state index in [0.717, 1.165) is 56.3 Å². The molecule has 3 atom stereocenters. The second-order valence-electron chi connectivity index (χ2n) is 10.9. The Hall–Kier alpha value is -2.04. The summed E-state index contributed by atoms with van der Waals surface area (Å²) >= 11 is 1.70. The number of piperidine rings is 1. The zero-order valence-electron chi connectivity index (χ0n) is 24.7. The molecule has 9 heteroatoms. The Kier molecular flexibility index (Phi) is 14.5. The van der Waals surface area contributed by atoms with Crippen LogP contribution in [0.4, 0.5) is 8.78 Å². The molecule has 41 heavy (non-hydrogen) atoms. The van der Waals surface area contributed by atoms with E-state index in [1.165, 1.54) is 17.7 Å². The Balaban J connectivity index is 1.70. The number of aryl methyl sites for hydroxylation is 1. The van der Waals surface area contributed by atoms with E-state index in [0.29, 0.717) is 31.1 Å². The minimum absolute atomic E-state index is 0.111. The fraction of sp³-hybridized carbons (Fsp3) is 0.594. The fourth-order valence-electron chi connectivity index (χ4n) is 5.44. The molecular formula is C32H47F2N3O3S. The van der Waals surface area contributed by atoms with Crippen molar-refractivity contribution in [1.29, 1.82) is 0 Å². The number of carbonyl (C=O) groups excluding carboxylic acids is 1. The smallest absolute Gasteiger partial charge is 0.237 e. The summed E-state index contributed by atoms with van der Waals surface area (Å²) in [6.45, 7) is 7.97. The average molecular weight is 592 g/mol. The fourth-order valence-corrected chi connectivity index (χ4v) is 5.89. The van der Waals surface area contributed by atoms with Crippen LogP contribution in [0, 0.1) is 17.6 Å². The number of amides is 1. The largest absolute Gasteiger partial charge is 0.390 e. The zero-order chi connectivity index (χ0) is 29.6. The van der Waals surface area contributed by atoms with Crippen LogP contribution >= 0.6 is 11.8 Å². The van der Waals surface area contributed by atoms with Gasteiger partial charge in [-0.1, -0.05) is 31.2 Å². The molecule has 0 aliphatic carbocycles. The van der Waals surface area contributed by atoms with Gasteiger partial charge in [-0.25, -0.2) is 8.78 Å². The minimum Gasteiger partial charge on any atom is -0.390 e. The maximum Gasteiger partial charge on any atom is 0.237 e. The monoisotopic (exact) mass is 591 g/mol. The van der Waals surface area contributed by atoms with Crippen LogP contribution in [0.5, 0.6) is 0 Å². The molecule has 3 unspecified atom stereocenters. The van der Waals surface area contributed by atoms with Crippen molar-refractivity contribution < 1.29 is 23.4 Å². The van der Waals surface area contributed by atoms with Gasteiger partial charge in [0.2, 0.25) is 5.91 Å². The molecule has 3 rings (SSSR count). The average Bonchev–Trinajstić information content (AvgIpc) is 2.96. The van der Waals surface area contributed by atoms with Crippen LogP contribution in [-0.4, -0.2) is 79.0 Å². The standard InChI is InChI=1S/C32H47F2N3O3S/c1-4-23-7-6-8-25(15-23)20-35-21-31(38)29(18-26-16-27(33)19-28(34)17-26)36-32(39)30(11-14-41-3)37-12-9-24(10-13-37)22-40-5-2/h6-8,15-17,19,24,29-31,35,38H,4-5,9-14,18,20-22H2,1-3H3,(H,36,39). The highest BCUT2D eigenvalue weighted by Crippen LogP contribution is 2.22. The first kappa shape index (κ1) is 33.5. The summed E-state index contributed by atoms with van der Waals surface area (Å²) in [5, 5.41) is 17.6. The van der Waals surface area contributed by atoms with Crippen LogP contribution in [0.2, 0.25) is 0 Å². The van der Waals surface area contributed by atoms with Gasteiger partial charge in [0.25, 0.3) is 0 Å². The number of ether oxygens (including phenoxy) is 1. The Morgan fingerprint density at radius 1 is 1.10 bits per heavy atom. The molecule has 1 aliphatic rings. The van der Waals surface area contributed by atoms with Gasteiger partial charge in [0, 0.05) is 32.4 Å². The summed E-state index contributed by atoms with van der Waals surface area (Å²) in [7, 11) is 0. The Morgan fingerprint density at radius 3 is 2.46 bits per heavy atom. The highest BCUT2D eigenvalue weighted by Gasteiger charge is 2.32. The molecule has 3 N–H and O–H groups in total. The van der Waals surface area contributed by atoms with E-state index in [-0.39, 0.29) is 24.9 Å². The number of benzene rings is 2. The van der Waals surface area contributed by atoms with E-state index in [2.05, 4.69) is 34.6 Å². The number of aliphatic hydroxyl groups excluding tert-OH is 1. The third kappa shape index (κ3) is 11.3. The van der Waals surface area contributed by atoms with Crippen LogP contribution in [0.15, 0.2) is 42.5 Å². The van der Waals surface area contributed by atoms with Crippen molar-refractivity contribution >= 4 is 17.7 Å². The Bertz CT molecular complexity index is 1050. The van der Waals surface area contributed by atoms with Gasteiger partial charge in [-0.2, -0.15) is 11.8 Å². The van der Waals surface area contributed by atoms with Crippen molar-refractivity contribution in [3.8, 4) is 0 Å². The predicted molar refractivity (Wildman–Crippen MR) is 163 cm³/mol. The summed E-state index contributed by atoms with van der Waals surface area (Å²) in [5.41, 5.74) is 2.73. The van der Waals surface area contributed by atoms with Crippen molar-refractivity contribution in [2.45, 2.75) is 70.7 Å². The number of nitrogens with one attached hydrogen (secondary N) is 2. The normalized spacial score (nSPS) is 16.8. The van der Waals surface area contributed by atoms with Gasteiger partial charge in [-0.15, -0.1) is 0 Å². The highest BCUT2D eigenvalue weighted by atomic mass is 32.2. The topological polar surface area (TPSA) is 73.8 Å². The minimum atomic E-state index is -0.960. The lowest BCUT2D eigenvalue weighted by molar-refractivity contribution is -0.128. The molecule has 2 aromatic carbocycles. The third-order valence-corrected chi connectivity index (χ3v) is 8.44. The maximum absolute atomic E-state index is 14.0. The summed E-state index contributed by atoms with van der Waals surface area (Å²) < 4.78 is 33.6. The van der Waals surface area contributed by atoms with E-state index in [1.54, 1.807) is 11.8 Å². The van der Waals surface area contributed by atoms with Crippen LogP contribution in [0.25, 0.3) is 0 Å². The number of aliphatic hydroxyl groups is 1. The summed E-state index contributed by atoms with van der Waals surface area (Å²) in [6, 6.07) is 10.5. The van der Waals surface area contributed by atoms with Crippen molar-refractivity contribution in [1.82, 2.24) is 15.5 Å². The molecule has 6 nitrogen and oxygen atoms in total. The second-order valence-corrected chi connectivity index (χ2v) is 11.9. The van der Waals surface area contributed by atoms with Crippen molar-refractivity contribution in [2.24, 2.45) is 5.92 Å². The Labute approximate surface area is 248 Å². The predicted octanol–water partition coefficient (Wildman–Crippen LogP) is 4.58. The number of hydrogen-bond donors (Lipinski definition) is 3. The number of nitrogens with zero attached hydrogens (tertiary/aromatic N) is 1. The summed E-state index contributed by atoms with van der Waals surface area (Å²) in [5.74, 6) is -0.184. The summed E-state index contributed by atoms with van der Waals surface area (Å²) in [6.07, 6.45) is 4.75. The SMILES string of the molecule is CCOCC1CCN(C(CCSC)C(=O)NC(Cc2cc(F)cc(F)c2)C(O)CNCc2cccc(CC)c2)CC1. The quantitative estimate of drug-likeness (QED) is 0.250. The number of carbonyl (C=O) groups is 1. The maximum atomic E-state index is 14.0. The van der Waals surface area contributed by atoms with E-state index in [4.69, 9.17) is 4.74 Å². The summed E-state index contributed by atoms with van der Waals surface area (Å²) in [4.78, 5) is 16.0. The molecule has 0 saturated carbocycles. The van der Waals surface area contributed by atoms with Gasteiger partial charge >= 0.3 is 0 Å². The molecule has 0 aromatic heterocycles. The van der Waals surface area contributed by atoms with Gasteiger partial charge in [0.1, 0.15) is 11.6 Å². The first-order chi connectivity index (χ1) is 19.8. The number of likely N-dealkylation sites (tertiary alicyclic amines) is 1. The van der Waals surface area contributed by atoms with Crippen LogP contribution in [0.1, 0.15) is 49.8 Å². The highest BCUT2D eigenvalue weighted by molar-refractivity contribution is 7.98. The van der Waals surface area contributed by atoms with Crippen LogP contribution in [0.3, 0.4) is 0 Å². The van der Waals surface area contributed by atoms with Crippen molar-refractivity contribution in [2.75, 3.05) is 44.9 Å². The van der Waals surface area contributed by atoms with Crippen molar-refractivity contribution in [3.63, 3.8) is 0 Å². The molecule has 228 valence electrons. The first-order valence-electron chi connectivity index (χ1n) is 14.9. The molecule has 0 bridgehead atoms. The lowest BCUT2D eigenvalue weighted by atomic mass is 9.95. The zero-order valence-corrected chi connectivity index (χ0v) is 25.5. The lowest BCUT2D eigenvalue weighted by Crippen LogP contribution is -2.56. The van der Waals surface area contributed by atoms with Crippen LogP contribution in [-0.2, 0) is 28.9 Å². The molecule has 1 heterocycles. The van der Waals surface area contributed by atoms with E-state index in [9.17, 15) is 18.7 Å². The molecule has 1 fully saturated rings. The Morgan fingerprint density at radius 2 is 1.80 bits per heavy atom. The van der Waals surface area contributed by atoms with Gasteiger partial charge in [-0.3, -0.25) is 9.69 Å². The molecule has 2 aromatic rings. The van der Waals surface area contributed by atoms with Gasteiger partial charge < -0.3 is 20.5 Å². The second kappa shape index (κ2) is 17.8. The molecule has 1 aliphatic heterocycles. The van der Waals surface area contributed by atoms with Crippen LogP contribution < -0.4 is 10.6 Å². The number of rotatable bonds is 17. The molecule has 0 spiro atoms. The lowest BCUT2D eigenvalue weighted by Gasteiger charge is -2.37. The molecule has 1 saturated heterocycles. The molecule has 1 amide bonds. The number of halogens is 2. The molecular weight excluding hydrogens is 544 g/mol. The van der Waals surface area contributed by atoms with Gasteiger partial charge in [0.15, 0.2) is 0 Å². The van der Waals surface area contributed by atoms with E-state index < -0.39 is 23.8 Å². The van der Waals surface area contributed by atoms with E-state index >= 15 is 0 Å². The van der Waals surface area contributed by atoms with Crippen molar-refractivity contribution in [3.05, 3.63) is 70.8 Å². The third-order valence-electron chi connectivity index (χ3n) is 7.80. The number of thioether (sulfide) groups is 1. The first-order valence-corrected chi connectivity index (χ1v) is 16.2. The van der Waals surface area contributed by atoms with Gasteiger partial charge in [-0.05, 0) is 98.9 Å². The van der Waals surface area contributed by atoms with E-state index in [1.807, 2.05) is 25.3 Å². The van der Waals surface area contributed by atoms with Gasteiger partial charge in [0.05, 0.1) is 18.2 Å². The molecule has 0 radical (unpaired) electrons. The number of hydrogen-bond acceptors (Lipinski definition) is 6.